The summed E-state index contributed by atoms with van der Waals surface area (Å²) in [5.41, 5.74) is 3.43. The van der Waals surface area contributed by atoms with E-state index in [2.05, 4.69) is 18.0 Å². The summed E-state index contributed by atoms with van der Waals surface area (Å²) in [5, 5.41) is 10.2. The second-order valence-electron chi connectivity index (χ2n) is 4.88. The number of hydrogen-bond donors (Lipinski definition) is 2. The smallest absolute Gasteiger partial charge is 0.317 e. The topological polar surface area (TPSA) is 56.3 Å². The highest BCUT2D eigenvalue weighted by Crippen LogP contribution is 2.23. The van der Waals surface area contributed by atoms with E-state index in [0.29, 0.717) is 6.54 Å². The Morgan fingerprint density at radius 2 is 2.11 bits per heavy atom. The molecule has 0 aliphatic rings. The van der Waals surface area contributed by atoms with Gasteiger partial charge in [-0.05, 0) is 31.5 Å². The normalized spacial score (nSPS) is 11.3. The lowest BCUT2D eigenvalue weighted by molar-refractivity contribution is -0.138. The third-order valence-corrected chi connectivity index (χ3v) is 3.31. The first-order valence-electron chi connectivity index (χ1n) is 6.62. The first kappa shape index (κ1) is 13.6. The van der Waals surface area contributed by atoms with Crippen LogP contribution in [-0.4, -0.2) is 34.0 Å². The summed E-state index contributed by atoms with van der Waals surface area (Å²) in [6, 6.07) is 8.15. The predicted molar refractivity (Wildman–Crippen MR) is 76.2 cm³/mol. The van der Waals surface area contributed by atoms with Gasteiger partial charge in [-0.15, -0.1) is 0 Å². The molecule has 1 aromatic carbocycles. The van der Waals surface area contributed by atoms with Crippen LogP contribution in [0.3, 0.4) is 0 Å². The Morgan fingerprint density at radius 1 is 1.37 bits per heavy atom. The largest absolute Gasteiger partial charge is 0.480 e. The summed E-state index contributed by atoms with van der Waals surface area (Å²) < 4.78 is 0. The molecule has 0 atom stereocenters. The molecule has 4 nitrogen and oxygen atoms in total. The molecule has 0 radical (unpaired) electrons. The molecule has 0 aliphatic heterocycles. The van der Waals surface area contributed by atoms with Gasteiger partial charge in [0.2, 0.25) is 0 Å². The maximum atomic E-state index is 10.9. The number of hydrogen-bond acceptors (Lipinski definition) is 2. The second-order valence-corrected chi connectivity index (χ2v) is 4.88. The molecule has 4 heteroatoms. The molecule has 2 aromatic rings. The predicted octanol–water partition coefficient (Wildman–Crippen LogP) is 2.77. The number of nitrogens with zero attached hydrogens (tertiary/aromatic N) is 1. The molecule has 0 aliphatic carbocycles. The monoisotopic (exact) mass is 260 g/mol. The van der Waals surface area contributed by atoms with E-state index in [1.807, 2.05) is 30.0 Å². The van der Waals surface area contributed by atoms with E-state index in [0.717, 1.165) is 24.2 Å². The molecular formula is C15H20N2O2. The lowest BCUT2D eigenvalue weighted by atomic mass is 10.1. The number of fused-ring (bicyclic) bond motifs is 1. The number of carboxylic acid groups (broad SMARTS) is 1. The SMILES string of the molecule is CCCN(CC(=O)O)Cc1c(C)[nH]c2ccccc12. The Hall–Kier alpha value is -1.81. The highest BCUT2D eigenvalue weighted by molar-refractivity contribution is 5.84. The van der Waals surface area contributed by atoms with Gasteiger partial charge in [0, 0.05) is 23.1 Å². The van der Waals surface area contributed by atoms with Crippen LogP contribution >= 0.6 is 0 Å². The van der Waals surface area contributed by atoms with Gasteiger partial charge < -0.3 is 10.1 Å². The number of para-hydroxylation sites is 1. The maximum absolute atomic E-state index is 10.9. The van der Waals surface area contributed by atoms with Crippen molar-refractivity contribution >= 4 is 16.9 Å². The Morgan fingerprint density at radius 3 is 2.79 bits per heavy atom. The number of aromatic amines is 1. The van der Waals surface area contributed by atoms with Gasteiger partial charge in [0.25, 0.3) is 0 Å². The lowest BCUT2D eigenvalue weighted by Gasteiger charge is -2.19. The molecule has 0 saturated heterocycles. The van der Waals surface area contributed by atoms with Crippen LogP contribution in [0.5, 0.6) is 0 Å². The van der Waals surface area contributed by atoms with Crippen LogP contribution in [0.25, 0.3) is 10.9 Å². The molecule has 2 rings (SSSR count). The Bertz CT molecular complexity index is 575. The van der Waals surface area contributed by atoms with Crippen LogP contribution in [0.4, 0.5) is 0 Å². The van der Waals surface area contributed by atoms with Crippen LogP contribution in [0, 0.1) is 6.92 Å². The Balaban J connectivity index is 2.27. The lowest BCUT2D eigenvalue weighted by Crippen LogP contribution is -2.30. The van der Waals surface area contributed by atoms with E-state index < -0.39 is 5.97 Å². The summed E-state index contributed by atoms with van der Waals surface area (Å²) in [6.07, 6.45) is 0.953. The number of carboxylic acids is 1. The average molecular weight is 260 g/mol. The maximum Gasteiger partial charge on any atom is 0.317 e. The zero-order valence-corrected chi connectivity index (χ0v) is 11.4. The van der Waals surface area contributed by atoms with Gasteiger partial charge in [-0.2, -0.15) is 0 Å². The average Bonchev–Trinajstić information content (AvgIpc) is 2.66. The Kier molecular flexibility index (Phi) is 4.22. The van der Waals surface area contributed by atoms with Gasteiger partial charge in [-0.3, -0.25) is 9.69 Å². The molecule has 1 aromatic heterocycles. The molecule has 0 spiro atoms. The van der Waals surface area contributed by atoms with Gasteiger partial charge in [-0.25, -0.2) is 0 Å². The third-order valence-electron chi connectivity index (χ3n) is 3.31. The summed E-state index contributed by atoms with van der Waals surface area (Å²) in [4.78, 5) is 16.2. The molecule has 0 unspecified atom stereocenters. The van der Waals surface area contributed by atoms with Crippen molar-refractivity contribution in [3.8, 4) is 0 Å². The van der Waals surface area contributed by atoms with E-state index in [4.69, 9.17) is 5.11 Å². The minimum atomic E-state index is -0.772. The number of aromatic nitrogens is 1. The molecule has 0 fully saturated rings. The van der Waals surface area contributed by atoms with Crippen LogP contribution in [-0.2, 0) is 11.3 Å². The van der Waals surface area contributed by atoms with Crippen LogP contribution in [0.1, 0.15) is 24.6 Å². The van der Waals surface area contributed by atoms with Crippen molar-refractivity contribution < 1.29 is 9.90 Å². The van der Waals surface area contributed by atoms with Crippen molar-refractivity contribution in [1.82, 2.24) is 9.88 Å². The molecule has 0 saturated carbocycles. The summed E-state index contributed by atoms with van der Waals surface area (Å²) >= 11 is 0. The fraction of sp³-hybridized carbons (Fsp3) is 0.400. The molecule has 102 valence electrons. The zero-order valence-electron chi connectivity index (χ0n) is 11.4. The molecule has 0 amide bonds. The summed E-state index contributed by atoms with van der Waals surface area (Å²) in [5.74, 6) is -0.772. The van der Waals surface area contributed by atoms with Crippen LogP contribution in [0.2, 0.25) is 0 Å². The highest BCUT2D eigenvalue weighted by Gasteiger charge is 2.14. The second kappa shape index (κ2) is 5.89. The molecule has 2 N–H and O–H groups in total. The number of benzene rings is 1. The number of H-pyrrole nitrogens is 1. The van der Waals surface area contributed by atoms with Gasteiger partial charge in [0.15, 0.2) is 0 Å². The van der Waals surface area contributed by atoms with Crippen molar-refractivity contribution in [3.63, 3.8) is 0 Å². The van der Waals surface area contributed by atoms with Crippen molar-refractivity contribution in [1.29, 1.82) is 0 Å². The van der Waals surface area contributed by atoms with E-state index in [9.17, 15) is 4.79 Å². The highest BCUT2D eigenvalue weighted by atomic mass is 16.4. The van der Waals surface area contributed by atoms with Crippen molar-refractivity contribution in [2.24, 2.45) is 0 Å². The van der Waals surface area contributed by atoms with Crippen molar-refractivity contribution in [2.75, 3.05) is 13.1 Å². The van der Waals surface area contributed by atoms with Gasteiger partial charge in [0.05, 0.1) is 6.54 Å². The minimum Gasteiger partial charge on any atom is -0.480 e. The van der Waals surface area contributed by atoms with Gasteiger partial charge >= 0.3 is 5.97 Å². The van der Waals surface area contributed by atoms with Gasteiger partial charge in [0.1, 0.15) is 0 Å². The zero-order chi connectivity index (χ0) is 13.8. The fourth-order valence-electron chi connectivity index (χ4n) is 2.48. The van der Waals surface area contributed by atoms with Crippen molar-refractivity contribution in [3.05, 3.63) is 35.5 Å². The third kappa shape index (κ3) is 3.15. The van der Waals surface area contributed by atoms with Gasteiger partial charge in [-0.1, -0.05) is 25.1 Å². The molecular weight excluding hydrogens is 240 g/mol. The molecule has 1 heterocycles. The van der Waals surface area contributed by atoms with E-state index in [-0.39, 0.29) is 6.54 Å². The quantitative estimate of drug-likeness (QED) is 0.839. The summed E-state index contributed by atoms with van der Waals surface area (Å²) in [6.45, 7) is 5.67. The number of rotatable bonds is 6. The number of nitrogens with one attached hydrogen (secondary N) is 1. The fourth-order valence-corrected chi connectivity index (χ4v) is 2.48. The first-order valence-corrected chi connectivity index (χ1v) is 6.62. The number of aliphatic carboxylic acids is 1. The van der Waals surface area contributed by atoms with Crippen LogP contribution < -0.4 is 0 Å². The van der Waals surface area contributed by atoms with Crippen LogP contribution in [0.15, 0.2) is 24.3 Å². The van der Waals surface area contributed by atoms with Crippen molar-refractivity contribution in [2.45, 2.75) is 26.8 Å². The van der Waals surface area contributed by atoms with E-state index >= 15 is 0 Å². The molecule has 0 bridgehead atoms. The first-order chi connectivity index (χ1) is 9.11. The number of carbonyl (C=O) groups is 1. The minimum absolute atomic E-state index is 0.0901. The van der Waals surface area contributed by atoms with E-state index in [1.165, 1.54) is 10.9 Å². The number of aryl methyl sites for hydroxylation is 1. The summed E-state index contributed by atoms with van der Waals surface area (Å²) in [7, 11) is 0. The molecule has 19 heavy (non-hydrogen) atoms. The van der Waals surface area contributed by atoms with E-state index in [1.54, 1.807) is 0 Å². The Labute approximate surface area is 113 Å². The standard InChI is InChI=1S/C15H20N2O2/c1-3-8-17(10-15(18)19)9-13-11(2)16-14-7-5-4-6-12(13)14/h4-7,16H,3,8-10H2,1-2H3,(H,18,19).